The van der Waals surface area contributed by atoms with E-state index in [1.165, 1.54) is 0 Å². The molecule has 0 heterocycles. The van der Waals surface area contributed by atoms with E-state index in [0.717, 1.165) is 6.42 Å². The van der Waals surface area contributed by atoms with E-state index in [4.69, 9.17) is 0 Å². The molecule has 1 radical (unpaired) electrons. The Morgan fingerprint density at radius 3 is 2.00 bits per heavy atom. The molecule has 0 atom stereocenters. The Morgan fingerprint density at radius 1 is 1.25 bits per heavy atom. The standard InChI is InChI=1S/C5H5.2ClH.Y/c1-2-4-5-3-1;;;/h1-3H,4H2;2*1H;/q-1;;;. The fraction of sp³-hybridized carbons (Fsp3) is 0.200. The van der Waals surface area contributed by atoms with Crippen LogP contribution in [0.25, 0.3) is 0 Å². The van der Waals surface area contributed by atoms with E-state index in [1.807, 2.05) is 12.2 Å². The van der Waals surface area contributed by atoms with Gasteiger partial charge in [0.05, 0.1) is 0 Å². The molecule has 3 heteroatoms. The van der Waals surface area contributed by atoms with Gasteiger partial charge in [0.25, 0.3) is 0 Å². The predicted octanol–water partition coefficient (Wildman–Crippen LogP) is 2.15. The van der Waals surface area contributed by atoms with Crippen LogP contribution in [0.5, 0.6) is 0 Å². The Hall–Kier alpha value is 1.16. The molecule has 45 valence electrons. The normalized spacial score (nSPS) is 11.0. The van der Waals surface area contributed by atoms with Gasteiger partial charge in [0.1, 0.15) is 0 Å². The van der Waals surface area contributed by atoms with E-state index >= 15 is 0 Å². The van der Waals surface area contributed by atoms with Crippen LogP contribution in [0.4, 0.5) is 0 Å². The summed E-state index contributed by atoms with van der Waals surface area (Å²) in [7, 11) is 0. The van der Waals surface area contributed by atoms with Gasteiger partial charge in [-0.25, -0.2) is 12.2 Å². The van der Waals surface area contributed by atoms with Crippen LogP contribution in [0.1, 0.15) is 6.42 Å². The summed E-state index contributed by atoms with van der Waals surface area (Å²) in [6.07, 6.45) is 10.0. The molecule has 0 saturated carbocycles. The Bertz CT molecular complexity index is 68.5. The van der Waals surface area contributed by atoms with Crippen molar-refractivity contribution in [1.82, 2.24) is 0 Å². The first-order valence-corrected chi connectivity index (χ1v) is 1.72. The second kappa shape index (κ2) is 11.0. The molecule has 0 unspecified atom stereocenters. The van der Waals surface area contributed by atoms with Gasteiger partial charge in [-0.1, -0.05) is 0 Å². The van der Waals surface area contributed by atoms with Gasteiger partial charge in [0, 0.05) is 32.7 Å². The molecule has 0 aromatic rings. The molecule has 1 aliphatic carbocycles. The number of hydrogen-bond donors (Lipinski definition) is 0. The maximum absolute atomic E-state index is 2.99. The molecule has 1 aliphatic rings. The molecule has 0 aliphatic heterocycles. The molecule has 0 nitrogen and oxygen atoms in total. The summed E-state index contributed by atoms with van der Waals surface area (Å²) < 4.78 is 0. The van der Waals surface area contributed by atoms with Gasteiger partial charge in [-0.05, 0) is 0 Å². The van der Waals surface area contributed by atoms with Crippen molar-refractivity contribution in [3.05, 3.63) is 24.3 Å². The zero-order valence-corrected chi connectivity index (χ0v) is 8.80. The van der Waals surface area contributed by atoms with E-state index in [2.05, 4.69) is 12.2 Å². The first-order chi connectivity index (χ1) is 2.50. The third-order valence-electron chi connectivity index (χ3n) is 0.586. The minimum absolute atomic E-state index is 0. The van der Waals surface area contributed by atoms with E-state index in [9.17, 15) is 0 Å². The van der Waals surface area contributed by atoms with Crippen molar-refractivity contribution < 1.29 is 32.7 Å². The van der Waals surface area contributed by atoms with Crippen molar-refractivity contribution in [3.63, 3.8) is 0 Å². The van der Waals surface area contributed by atoms with Crippen molar-refractivity contribution in [2.45, 2.75) is 6.42 Å². The van der Waals surface area contributed by atoms with Crippen molar-refractivity contribution in [3.8, 4) is 0 Å². The van der Waals surface area contributed by atoms with Crippen LogP contribution in [0, 0.1) is 6.08 Å². The van der Waals surface area contributed by atoms with Crippen molar-refractivity contribution in [2.75, 3.05) is 0 Å². The summed E-state index contributed by atoms with van der Waals surface area (Å²) in [6, 6.07) is 0. The van der Waals surface area contributed by atoms with Crippen LogP contribution in [0.15, 0.2) is 18.2 Å². The van der Waals surface area contributed by atoms with E-state index in [-0.39, 0.29) is 57.5 Å². The molecule has 1 rings (SSSR count). The van der Waals surface area contributed by atoms with Gasteiger partial charge >= 0.3 is 0 Å². The number of allylic oxidation sites excluding steroid dienone is 4. The minimum atomic E-state index is 0. The molecule has 0 spiro atoms. The number of halogens is 2. The average molecular weight is 227 g/mol. The zero-order chi connectivity index (χ0) is 3.54. The second-order valence-corrected chi connectivity index (χ2v) is 1.00. The average Bonchev–Trinajstić information content (AvgIpc) is 1.76. The first kappa shape index (κ1) is 16.1. The summed E-state index contributed by atoms with van der Waals surface area (Å²) in [6.45, 7) is 0. The molecular formula is C5H7Cl2Y-. The Kier molecular flexibility index (Phi) is 22.2. The van der Waals surface area contributed by atoms with Crippen molar-refractivity contribution in [1.29, 1.82) is 0 Å². The molecule has 0 N–H and O–H groups in total. The van der Waals surface area contributed by atoms with E-state index in [0.29, 0.717) is 0 Å². The van der Waals surface area contributed by atoms with Crippen LogP contribution in [0.2, 0.25) is 0 Å². The second-order valence-electron chi connectivity index (χ2n) is 1.00. The third-order valence-corrected chi connectivity index (χ3v) is 0.586. The quantitative estimate of drug-likeness (QED) is 0.556. The molecule has 0 aromatic carbocycles. The van der Waals surface area contributed by atoms with Crippen LogP contribution in [-0.4, -0.2) is 0 Å². The molecule has 0 saturated heterocycles. The summed E-state index contributed by atoms with van der Waals surface area (Å²) >= 11 is 0. The van der Waals surface area contributed by atoms with Gasteiger partial charge in [0.2, 0.25) is 0 Å². The Morgan fingerprint density at radius 2 is 1.88 bits per heavy atom. The topological polar surface area (TPSA) is 0 Å². The van der Waals surface area contributed by atoms with Crippen LogP contribution in [0.3, 0.4) is 0 Å². The van der Waals surface area contributed by atoms with Gasteiger partial charge in [-0.2, -0.15) is 6.08 Å². The van der Waals surface area contributed by atoms with E-state index < -0.39 is 0 Å². The maximum Gasteiger partial charge on any atom is 0 e. The largest absolute Gasteiger partial charge is 0.273 e. The Labute approximate surface area is 87.5 Å². The van der Waals surface area contributed by atoms with Gasteiger partial charge in [0.15, 0.2) is 0 Å². The fourth-order valence-corrected chi connectivity index (χ4v) is 0.340. The van der Waals surface area contributed by atoms with Gasteiger partial charge in [-0.15, -0.1) is 31.2 Å². The van der Waals surface area contributed by atoms with Crippen LogP contribution in [-0.2, 0) is 32.7 Å². The van der Waals surface area contributed by atoms with Gasteiger partial charge < -0.3 is 0 Å². The van der Waals surface area contributed by atoms with Crippen molar-refractivity contribution >= 4 is 24.8 Å². The maximum atomic E-state index is 2.99. The number of rotatable bonds is 0. The SMILES string of the molecule is Cl.Cl.[C-]1=CC=CC1.[Y]. The van der Waals surface area contributed by atoms with Gasteiger partial charge in [-0.3, -0.25) is 6.08 Å². The fourth-order valence-electron chi connectivity index (χ4n) is 0.340. The zero-order valence-electron chi connectivity index (χ0n) is 4.33. The summed E-state index contributed by atoms with van der Waals surface area (Å²) in [5.41, 5.74) is 0. The molecule has 0 fully saturated rings. The van der Waals surface area contributed by atoms with Crippen molar-refractivity contribution in [2.24, 2.45) is 0 Å². The van der Waals surface area contributed by atoms with E-state index in [1.54, 1.807) is 0 Å². The molecule has 8 heavy (non-hydrogen) atoms. The number of hydrogen-bond acceptors (Lipinski definition) is 0. The summed E-state index contributed by atoms with van der Waals surface area (Å²) in [4.78, 5) is 0. The summed E-state index contributed by atoms with van der Waals surface area (Å²) in [5.74, 6) is 0. The Balaban J connectivity index is -0.0000000833. The smallest absolute Gasteiger partial charge is 0 e. The monoisotopic (exact) mass is 226 g/mol. The van der Waals surface area contributed by atoms with Crippen LogP contribution < -0.4 is 0 Å². The summed E-state index contributed by atoms with van der Waals surface area (Å²) in [5, 5.41) is 0. The van der Waals surface area contributed by atoms with Crippen LogP contribution >= 0.6 is 24.8 Å². The molecule has 0 aromatic heterocycles. The molecular weight excluding hydrogens is 220 g/mol. The molecule has 0 bridgehead atoms. The molecule has 0 amide bonds. The third kappa shape index (κ3) is 7.16. The predicted molar refractivity (Wildman–Crippen MR) is 36.1 cm³/mol. The first-order valence-electron chi connectivity index (χ1n) is 1.72. The minimum Gasteiger partial charge on any atom is -0.273 e.